The number of rotatable bonds is 5. The highest BCUT2D eigenvalue weighted by Crippen LogP contribution is 2.25. The normalized spacial score (nSPS) is 11.8. The van der Waals surface area contributed by atoms with E-state index in [1.54, 1.807) is 23.3 Å². The number of nitrogens with zero attached hydrogens (tertiary/aromatic N) is 3. The number of aliphatic imine (C=N–C) groups is 1. The monoisotopic (exact) mass is 295 g/mol. The van der Waals surface area contributed by atoms with Gasteiger partial charge in [-0.3, -0.25) is 4.57 Å². The summed E-state index contributed by atoms with van der Waals surface area (Å²) in [5, 5.41) is 0.262. The minimum atomic E-state index is -0.389. The van der Waals surface area contributed by atoms with Crippen LogP contribution in [-0.4, -0.2) is 28.6 Å². The van der Waals surface area contributed by atoms with E-state index in [-0.39, 0.29) is 10.8 Å². The number of imidazole rings is 1. The van der Waals surface area contributed by atoms with E-state index in [0.717, 1.165) is 6.42 Å². The predicted octanol–water partition coefficient (Wildman–Crippen LogP) is 3.68. The zero-order valence-electron chi connectivity index (χ0n) is 11.1. The van der Waals surface area contributed by atoms with Crippen LogP contribution < -0.4 is 0 Å². The van der Waals surface area contributed by atoms with Crippen molar-refractivity contribution in [3.63, 3.8) is 0 Å². The molecule has 0 fully saturated rings. The maximum atomic E-state index is 13.0. The molecule has 0 radical (unpaired) electrons. The molecule has 6 heteroatoms. The molecule has 0 unspecified atom stereocenters. The Kier molecular flexibility index (Phi) is 5.26. The molecule has 0 amide bonds. The van der Waals surface area contributed by atoms with Crippen LogP contribution in [0.1, 0.15) is 13.3 Å². The summed E-state index contributed by atoms with van der Waals surface area (Å²) in [6.07, 6.45) is 5.98. The maximum Gasteiger partial charge on any atom is 0.140 e. The van der Waals surface area contributed by atoms with Gasteiger partial charge >= 0.3 is 0 Å². The molecule has 0 bridgehead atoms. The van der Waals surface area contributed by atoms with Gasteiger partial charge in [0.05, 0.1) is 10.7 Å². The molecule has 0 spiro atoms. The van der Waals surface area contributed by atoms with Crippen molar-refractivity contribution in [3.8, 4) is 0 Å². The van der Waals surface area contributed by atoms with Crippen molar-refractivity contribution >= 4 is 23.1 Å². The molecule has 0 saturated carbocycles. The smallest absolute Gasteiger partial charge is 0.140 e. The average molecular weight is 296 g/mol. The fourth-order valence-corrected chi connectivity index (χ4v) is 1.80. The molecule has 0 N–H and O–H groups in total. The average Bonchev–Trinajstić information content (AvgIpc) is 2.94. The lowest BCUT2D eigenvalue weighted by Gasteiger charge is -2.09. The van der Waals surface area contributed by atoms with Gasteiger partial charge in [0, 0.05) is 19.0 Å². The summed E-state index contributed by atoms with van der Waals surface area (Å²) in [7, 11) is 0. The number of hydrogen-bond donors (Lipinski definition) is 0. The van der Waals surface area contributed by atoms with E-state index in [0.29, 0.717) is 24.7 Å². The van der Waals surface area contributed by atoms with Crippen molar-refractivity contribution in [3.05, 3.63) is 47.8 Å². The molecule has 106 valence electrons. The first-order chi connectivity index (χ1) is 9.70. The van der Waals surface area contributed by atoms with Gasteiger partial charge in [-0.1, -0.05) is 18.5 Å². The van der Waals surface area contributed by atoms with Crippen LogP contribution in [0.3, 0.4) is 0 Å². The van der Waals surface area contributed by atoms with Crippen LogP contribution in [0.5, 0.6) is 0 Å². The van der Waals surface area contributed by atoms with Gasteiger partial charge in [0.25, 0.3) is 0 Å². The topological polar surface area (TPSA) is 39.4 Å². The Bertz CT molecular complexity index is 584. The molecule has 2 rings (SSSR count). The standard InChI is InChI=1S/C14H15ClFN3O/c1-2-7-20-9-14(19-6-5-17-10-19)18-13-4-3-11(16)8-12(13)15/h3-6,8,10H,2,7,9H2,1H3/b18-14+. The fraction of sp³-hybridized carbons (Fsp3) is 0.286. The van der Waals surface area contributed by atoms with Gasteiger partial charge in [-0.25, -0.2) is 14.4 Å². The lowest BCUT2D eigenvalue weighted by atomic mass is 10.3. The van der Waals surface area contributed by atoms with Gasteiger partial charge in [-0.15, -0.1) is 0 Å². The van der Waals surface area contributed by atoms with E-state index in [1.165, 1.54) is 18.2 Å². The minimum Gasteiger partial charge on any atom is -0.374 e. The maximum absolute atomic E-state index is 13.0. The molecule has 1 aromatic heterocycles. The molecule has 2 aromatic rings. The summed E-state index contributed by atoms with van der Waals surface area (Å²) >= 11 is 5.98. The number of aromatic nitrogens is 2. The van der Waals surface area contributed by atoms with Gasteiger partial charge in [-0.2, -0.15) is 0 Å². The Morgan fingerprint density at radius 3 is 3.00 bits per heavy atom. The lowest BCUT2D eigenvalue weighted by molar-refractivity contribution is 0.170. The van der Waals surface area contributed by atoms with Gasteiger partial charge in [0.1, 0.15) is 24.6 Å². The molecular formula is C14H15ClFN3O. The zero-order chi connectivity index (χ0) is 14.4. The number of hydrogen-bond acceptors (Lipinski definition) is 3. The lowest BCUT2D eigenvalue weighted by Crippen LogP contribution is -2.17. The second-order valence-corrected chi connectivity index (χ2v) is 4.55. The van der Waals surface area contributed by atoms with E-state index in [9.17, 15) is 4.39 Å². The first kappa shape index (κ1) is 14.7. The highest BCUT2D eigenvalue weighted by molar-refractivity contribution is 6.33. The predicted molar refractivity (Wildman–Crippen MR) is 77.2 cm³/mol. The second-order valence-electron chi connectivity index (χ2n) is 4.15. The number of benzene rings is 1. The summed E-state index contributed by atoms with van der Waals surface area (Å²) in [6, 6.07) is 4.09. The van der Waals surface area contributed by atoms with Crippen LogP contribution in [0.15, 0.2) is 41.9 Å². The van der Waals surface area contributed by atoms with E-state index >= 15 is 0 Å². The van der Waals surface area contributed by atoms with E-state index < -0.39 is 0 Å². The summed E-state index contributed by atoms with van der Waals surface area (Å²) in [6.45, 7) is 3.01. The van der Waals surface area contributed by atoms with Gasteiger partial charge < -0.3 is 4.74 Å². The molecule has 1 aromatic carbocycles. The van der Waals surface area contributed by atoms with Crippen molar-refractivity contribution in [2.75, 3.05) is 13.2 Å². The van der Waals surface area contributed by atoms with Gasteiger partial charge in [0.2, 0.25) is 0 Å². The largest absolute Gasteiger partial charge is 0.374 e. The molecule has 1 heterocycles. The van der Waals surface area contributed by atoms with Crippen molar-refractivity contribution in [2.24, 2.45) is 4.99 Å². The number of ether oxygens (including phenoxy) is 1. The Morgan fingerprint density at radius 1 is 1.50 bits per heavy atom. The summed E-state index contributed by atoms with van der Waals surface area (Å²) < 4.78 is 20.3. The molecule has 0 atom stereocenters. The summed E-state index contributed by atoms with van der Waals surface area (Å²) in [5.74, 6) is 0.254. The number of halogens is 2. The van der Waals surface area contributed by atoms with Crippen LogP contribution >= 0.6 is 11.6 Å². The van der Waals surface area contributed by atoms with Crippen LogP contribution in [0.2, 0.25) is 5.02 Å². The third kappa shape index (κ3) is 3.88. The summed E-state index contributed by atoms with van der Waals surface area (Å²) in [5.41, 5.74) is 0.497. The van der Waals surface area contributed by atoms with Crippen LogP contribution in [0.4, 0.5) is 10.1 Å². The molecular weight excluding hydrogens is 281 g/mol. The molecule has 4 nitrogen and oxygen atoms in total. The third-order valence-electron chi connectivity index (χ3n) is 2.54. The highest BCUT2D eigenvalue weighted by atomic mass is 35.5. The van der Waals surface area contributed by atoms with Crippen LogP contribution in [0, 0.1) is 5.82 Å². The van der Waals surface area contributed by atoms with E-state index in [1.807, 2.05) is 6.92 Å². The Morgan fingerprint density at radius 2 is 2.35 bits per heavy atom. The second kappa shape index (κ2) is 7.17. The Labute approximate surface area is 121 Å². The minimum absolute atomic E-state index is 0.262. The van der Waals surface area contributed by atoms with Gasteiger partial charge in [0.15, 0.2) is 0 Å². The highest BCUT2D eigenvalue weighted by Gasteiger charge is 2.06. The molecule has 0 aliphatic heterocycles. The molecule has 0 saturated heterocycles. The first-order valence-corrected chi connectivity index (χ1v) is 6.67. The van der Waals surface area contributed by atoms with Crippen LogP contribution in [-0.2, 0) is 4.74 Å². The van der Waals surface area contributed by atoms with E-state index in [4.69, 9.17) is 16.3 Å². The Balaban J connectivity index is 2.27. The molecule has 20 heavy (non-hydrogen) atoms. The van der Waals surface area contributed by atoms with Gasteiger partial charge in [-0.05, 0) is 24.6 Å². The van der Waals surface area contributed by atoms with E-state index in [2.05, 4.69) is 9.98 Å². The molecule has 0 aliphatic carbocycles. The van der Waals surface area contributed by atoms with Crippen molar-refractivity contribution in [1.29, 1.82) is 0 Å². The summed E-state index contributed by atoms with van der Waals surface area (Å²) in [4.78, 5) is 8.41. The van der Waals surface area contributed by atoms with Crippen molar-refractivity contribution < 1.29 is 9.13 Å². The van der Waals surface area contributed by atoms with Crippen LogP contribution in [0.25, 0.3) is 0 Å². The molecule has 0 aliphatic rings. The zero-order valence-corrected chi connectivity index (χ0v) is 11.8. The SMILES string of the molecule is CCCOC/C(=N\c1ccc(F)cc1Cl)n1ccnc1. The first-order valence-electron chi connectivity index (χ1n) is 6.29. The quantitative estimate of drug-likeness (QED) is 0.479. The van der Waals surface area contributed by atoms with Crippen molar-refractivity contribution in [2.45, 2.75) is 13.3 Å². The third-order valence-corrected chi connectivity index (χ3v) is 2.84. The fourth-order valence-electron chi connectivity index (χ4n) is 1.60. The van der Waals surface area contributed by atoms with Crippen molar-refractivity contribution in [1.82, 2.24) is 9.55 Å². The Hall–Kier alpha value is -1.72.